The highest BCUT2D eigenvalue weighted by Gasteiger charge is 2.15. The summed E-state index contributed by atoms with van der Waals surface area (Å²) in [6.07, 6.45) is -0.413. The van der Waals surface area contributed by atoms with E-state index in [1.54, 1.807) is 6.92 Å². The molecule has 0 bridgehead atoms. The van der Waals surface area contributed by atoms with Gasteiger partial charge in [0.25, 0.3) is 0 Å². The fourth-order valence-electron chi connectivity index (χ4n) is 1.93. The smallest absolute Gasteiger partial charge is 0.0781 e. The molecule has 15 heavy (non-hydrogen) atoms. The van der Waals surface area contributed by atoms with Gasteiger partial charge in [-0.2, -0.15) is 0 Å². The van der Waals surface area contributed by atoms with Crippen molar-refractivity contribution in [2.24, 2.45) is 0 Å². The van der Waals surface area contributed by atoms with Crippen molar-refractivity contribution in [2.45, 2.75) is 13.0 Å². The van der Waals surface area contributed by atoms with Gasteiger partial charge in [0.15, 0.2) is 0 Å². The second-order valence-electron chi connectivity index (χ2n) is 3.83. The van der Waals surface area contributed by atoms with Crippen LogP contribution in [0.3, 0.4) is 0 Å². The first-order valence-electron chi connectivity index (χ1n) is 5.38. The number of aliphatic hydroxyl groups excluding tert-OH is 1. The van der Waals surface area contributed by atoms with E-state index in [9.17, 15) is 5.11 Å². The SMILES string of the molecule is CC(O)c1ccccc1N1CCOCC1. The molecule has 1 aliphatic heterocycles. The lowest BCUT2D eigenvalue weighted by Crippen LogP contribution is -2.36. The summed E-state index contributed by atoms with van der Waals surface area (Å²) in [6, 6.07) is 8.02. The zero-order valence-corrected chi connectivity index (χ0v) is 9.02. The van der Waals surface area contributed by atoms with Crippen LogP contribution < -0.4 is 4.90 Å². The highest BCUT2D eigenvalue weighted by Crippen LogP contribution is 2.26. The Bertz CT molecular complexity index is 319. The normalized spacial score (nSPS) is 18.9. The Morgan fingerprint density at radius 1 is 1.27 bits per heavy atom. The minimum absolute atomic E-state index is 0.413. The van der Waals surface area contributed by atoms with Crippen molar-refractivity contribution < 1.29 is 9.84 Å². The molecule has 0 aliphatic carbocycles. The summed E-state index contributed by atoms with van der Waals surface area (Å²) in [5.74, 6) is 0. The van der Waals surface area contributed by atoms with Crippen molar-refractivity contribution in [3.05, 3.63) is 29.8 Å². The number of nitrogens with zero attached hydrogens (tertiary/aromatic N) is 1. The molecule has 0 spiro atoms. The molecule has 2 rings (SSSR count). The van der Waals surface area contributed by atoms with Crippen LogP contribution in [-0.4, -0.2) is 31.4 Å². The summed E-state index contributed by atoms with van der Waals surface area (Å²) in [5, 5.41) is 9.68. The largest absolute Gasteiger partial charge is 0.389 e. The van der Waals surface area contributed by atoms with Crippen LogP contribution in [0.2, 0.25) is 0 Å². The van der Waals surface area contributed by atoms with E-state index in [4.69, 9.17) is 4.74 Å². The fraction of sp³-hybridized carbons (Fsp3) is 0.500. The minimum atomic E-state index is -0.413. The first kappa shape index (κ1) is 10.5. The molecular weight excluding hydrogens is 190 g/mol. The van der Waals surface area contributed by atoms with Gasteiger partial charge in [0.1, 0.15) is 0 Å². The number of anilines is 1. The van der Waals surface area contributed by atoms with Crippen LogP contribution >= 0.6 is 0 Å². The summed E-state index contributed by atoms with van der Waals surface area (Å²) in [4.78, 5) is 2.27. The third kappa shape index (κ3) is 2.30. The highest BCUT2D eigenvalue weighted by atomic mass is 16.5. The number of aliphatic hydroxyl groups is 1. The van der Waals surface area contributed by atoms with Crippen molar-refractivity contribution in [2.75, 3.05) is 31.2 Å². The molecule has 1 aliphatic rings. The molecule has 3 nitrogen and oxygen atoms in total. The first-order chi connectivity index (χ1) is 7.29. The average Bonchev–Trinajstić information content (AvgIpc) is 2.30. The molecule has 1 atom stereocenters. The maximum Gasteiger partial charge on any atom is 0.0781 e. The van der Waals surface area contributed by atoms with E-state index in [0.29, 0.717) is 0 Å². The number of morpholine rings is 1. The maximum absolute atomic E-state index is 9.68. The zero-order chi connectivity index (χ0) is 10.7. The molecule has 82 valence electrons. The molecule has 1 aromatic rings. The predicted molar refractivity (Wildman–Crippen MR) is 60.1 cm³/mol. The molecule has 3 heteroatoms. The molecular formula is C12H17NO2. The van der Waals surface area contributed by atoms with E-state index in [1.165, 1.54) is 0 Å². The molecule has 1 aromatic carbocycles. The molecule has 1 unspecified atom stereocenters. The van der Waals surface area contributed by atoms with Crippen LogP contribution in [0.4, 0.5) is 5.69 Å². The average molecular weight is 207 g/mol. The topological polar surface area (TPSA) is 32.7 Å². The first-order valence-corrected chi connectivity index (χ1v) is 5.38. The highest BCUT2D eigenvalue weighted by molar-refractivity contribution is 5.54. The number of ether oxygens (including phenoxy) is 1. The molecule has 0 radical (unpaired) electrons. The van der Waals surface area contributed by atoms with Gasteiger partial charge < -0.3 is 14.7 Å². The minimum Gasteiger partial charge on any atom is -0.389 e. The lowest BCUT2D eigenvalue weighted by molar-refractivity contribution is 0.122. The summed E-state index contributed by atoms with van der Waals surface area (Å²) in [6.45, 7) is 5.16. The molecule has 0 saturated carbocycles. The van der Waals surface area contributed by atoms with Crippen LogP contribution in [0.15, 0.2) is 24.3 Å². The Morgan fingerprint density at radius 2 is 1.93 bits per heavy atom. The van der Waals surface area contributed by atoms with Gasteiger partial charge in [0.2, 0.25) is 0 Å². The van der Waals surface area contributed by atoms with Crippen LogP contribution in [0.25, 0.3) is 0 Å². The van der Waals surface area contributed by atoms with Crippen molar-refractivity contribution in [1.82, 2.24) is 0 Å². The Morgan fingerprint density at radius 3 is 2.60 bits per heavy atom. The monoisotopic (exact) mass is 207 g/mol. The number of benzene rings is 1. The van der Waals surface area contributed by atoms with Gasteiger partial charge in [-0.1, -0.05) is 18.2 Å². The Labute approximate surface area is 90.3 Å². The fourth-order valence-corrected chi connectivity index (χ4v) is 1.93. The van der Waals surface area contributed by atoms with Crippen molar-refractivity contribution in [1.29, 1.82) is 0 Å². The predicted octanol–water partition coefficient (Wildman–Crippen LogP) is 1.58. The van der Waals surface area contributed by atoms with Crippen LogP contribution in [0, 0.1) is 0 Å². The number of hydrogen-bond donors (Lipinski definition) is 1. The molecule has 1 saturated heterocycles. The molecule has 0 amide bonds. The zero-order valence-electron chi connectivity index (χ0n) is 9.02. The third-order valence-electron chi connectivity index (χ3n) is 2.74. The van der Waals surface area contributed by atoms with Crippen molar-refractivity contribution in [3.8, 4) is 0 Å². The Hall–Kier alpha value is -1.06. The standard InChI is InChI=1S/C12H17NO2/c1-10(14)11-4-2-3-5-12(11)13-6-8-15-9-7-13/h2-5,10,14H,6-9H2,1H3. The molecule has 0 aromatic heterocycles. The molecule has 1 fully saturated rings. The summed E-state index contributed by atoms with van der Waals surface area (Å²) in [7, 11) is 0. The quantitative estimate of drug-likeness (QED) is 0.799. The van der Waals surface area contributed by atoms with Gasteiger partial charge >= 0.3 is 0 Å². The Kier molecular flexibility index (Phi) is 3.23. The van der Waals surface area contributed by atoms with Crippen LogP contribution in [-0.2, 0) is 4.74 Å². The van der Waals surface area contributed by atoms with Gasteiger partial charge in [-0.25, -0.2) is 0 Å². The number of rotatable bonds is 2. The molecule has 1 N–H and O–H groups in total. The maximum atomic E-state index is 9.68. The summed E-state index contributed by atoms with van der Waals surface area (Å²) in [5.41, 5.74) is 2.13. The second kappa shape index (κ2) is 4.64. The molecule has 1 heterocycles. The van der Waals surface area contributed by atoms with E-state index >= 15 is 0 Å². The second-order valence-corrected chi connectivity index (χ2v) is 3.83. The van der Waals surface area contributed by atoms with Crippen molar-refractivity contribution >= 4 is 5.69 Å². The van der Waals surface area contributed by atoms with E-state index in [1.807, 2.05) is 18.2 Å². The lowest BCUT2D eigenvalue weighted by Gasteiger charge is -2.31. The van der Waals surface area contributed by atoms with Gasteiger partial charge in [-0.15, -0.1) is 0 Å². The number of hydrogen-bond acceptors (Lipinski definition) is 3. The van der Waals surface area contributed by atoms with E-state index < -0.39 is 6.10 Å². The van der Waals surface area contributed by atoms with Crippen molar-refractivity contribution in [3.63, 3.8) is 0 Å². The van der Waals surface area contributed by atoms with E-state index in [-0.39, 0.29) is 0 Å². The van der Waals surface area contributed by atoms with Crippen LogP contribution in [0.1, 0.15) is 18.6 Å². The Balaban J connectivity index is 2.25. The summed E-state index contributed by atoms with van der Waals surface area (Å²) < 4.78 is 5.32. The van der Waals surface area contributed by atoms with E-state index in [2.05, 4.69) is 11.0 Å². The van der Waals surface area contributed by atoms with Gasteiger partial charge in [0.05, 0.1) is 19.3 Å². The van der Waals surface area contributed by atoms with E-state index in [0.717, 1.165) is 37.6 Å². The third-order valence-corrected chi connectivity index (χ3v) is 2.74. The summed E-state index contributed by atoms with van der Waals surface area (Å²) >= 11 is 0. The van der Waals surface area contributed by atoms with Gasteiger partial charge in [-0.3, -0.25) is 0 Å². The van der Waals surface area contributed by atoms with Gasteiger partial charge in [-0.05, 0) is 13.0 Å². The lowest BCUT2D eigenvalue weighted by atomic mass is 10.1. The van der Waals surface area contributed by atoms with Crippen LogP contribution in [0.5, 0.6) is 0 Å². The number of para-hydroxylation sites is 1. The van der Waals surface area contributed by atoms with Gasteiger partial charge in [0, 0.05) is 24.3 Å².